The van der Waals surface area contributed by atoms with Crippen molar-refractivity contribution >= 4 is 66.5 Å². The Balaban J connectivity index is 2.09. The second-order valence-corrected chi connectivity index (χ2v) is 16.2. The van der Waals surface area contributed by atoms with Crippen LogP contribution in [0.25, 0.3) is 11.1 Å². The van der Waals surface area contributed by atoms with Gasteiger partial charge < -0.3 is 10.1 Å². The zero-order valence-corrected chi connectivity index (χ0v) is 27.6. The van der Waals surface area contributed by atoms with Crippen LogP contribution in [0.3, 0.4) is 0 Å². The van der Waals surface area contributed by atoms with Gasteiger partial charge in [0.1, 0.15) is 11.4 Å². The Hall–Kier alpha value is -3.24. The van der Waals surface area contributed by atoms with Crippen molar-refractivity contribution in [1.29, 1.82) is 5.41 Å². The molecule has 3 rings (SSSR count). The fourth-order valence-corrected chi connectivity index (χ4v) is 8.64. The first-order chi connectivity index (χ1) is 19.9. The van der Waals surface area contributed by atoms with Gasteiger partial charge in [-0.15, -0.1) is 23.1 Å². The number of primary sulfonamides is 1. The third-order valence-corrected chi connectivity index (χ3v) is 11.1. The zero-order valence-electron chi connectivity index (χ0n) is 24.3. The van der Waals surface area contributed by atoms with E-state index in [0.29, 0.717) is 15.3 Å². The third-order valence-electron chi connectivity index (χ3n) is 5.86. The summed E-state index contributed by atoms with van der Waals surface area (Å²) in [7, 11) is -8.07. The van der Waals surface area contributed by atoms with E-state index in [1.807, 2.05) is 19.1 Å². The number of amidine groups is 1. The number of para-hydroxylation sites is 1. The van der Waals surface area contributed by atoms with Crippen LogP contribution in [0.2, 0.25) is 0 Å². The molecule has 3 aromatic rings. The van der Waals surface area contributed by atoms with E-state index < -0.39 is 43.2 Å². The molecule has 0 atom stereocenters. The second kappa shape index (κ2) is 13.6. The highest BCUT2D eigenvalue weighted by molar-refractivity contribution is 8.01. The van der Waals surface area contributed by atoms with Crippen LogP contribution in [0.1, 0.15) is 44.1 Å². The quantitative estimate of drug-likeness (QED) is 0.130. The average molecular weight is 667 g/mol. The lowest BCUT2D eigenvalue weighted by atomic mass is 9.99. The van der Waals surface area contributed by atoms with Gasteiger partial charge >= 0.3 is 6.09 Å². The number of rotatable bonds is 10. The van der Waals surface area contributed by atoms with Crippen LogP contribution < -0.4 is 15.8 Å². The van der Waals surface area contributed by atoms with Crippen molar-refractivity contribution < 1.29 is 31.2 Å². The number of hydrogen-bond donors (Lipinski definition) is 4. The van der Waals surface area contributed by atoms with E-state index in [1.54, 1.807) is 51.3 Å². The first-order valence-corrected chi connectivity index (χ1v) is 18.2. The molecular weight excluding hydrogens is 633 g/mol. The minimum absolute atomic E-state index is 0.0409. The summed E-state index contributed by atoms with van der Waals surface area (Å²) in [4.78, 5) is 25.1. The smallest absolute Gasteiger partial charge is 0.413 e. The predicted octanol–water partition coefficient (Wildman–Crippen LogP) is 5.14. The number of aryl methyl sites for hydroxylation is 1. The van der Waals surface area contributed by atoms with E-state index in [4.69, 9.17) is 15.3 Å². The van der Waals surface area contributed by atoms with Crippen LogP contribution in [0.5, 0.6) is 0 Å². The molecule has 0 bridgehead atoms. The number of sulfone groups is 1. The van der Waals surface area contributed by atoms with E-state index >= 15 is 0 Å². The molecule has 5 N–H and O–H groups in total. The molecule has 0 aliphatic rings. The number of nitrogens with one attached hydrogen (secondary N) is 3. The maximum Gasteiger partial charge on any atom is 0.413 e. The van der Waals surface area contributed by atoms with Crippen LogP contribution in [0.15, 0.2) is 62.5 Å². The Morgan fingerprint density at radius 3 is 2.28 bits per heavy atom. The first kappa shape index (κ1) is 34.3. The third kappa shape index (κ3) is 9.13. The molecule has 0 saturated carbocycles. The number of carbonyl (C=O) groups is 2. The molecular formula is C28H34N4O7S4. The summed E-state index contributed by atoms with van der Waals surface area (Å²) >= 11 is 2.18. The number of anilines is 1. The highest BCUT2D eigenvalue weighted by atomic mass is 32.2. The van der Waals surface area contributed by atoms with Gasteiger partial charge in [0.15, 0.2) is 0 Å². The first-order valence-electron chi connectivity index (χ1n) is 12.9. The van der Waals surface area contributed by atoms with Crippen molar-refractivity contribution in [3.63, 3.8) is 0 Å². The fraction of sp³-hybridized carbons (Fsp3) is 0.321. The van der Waals surface area contributed by atoms with Crippen LogP contribution in [-0.4, -0.2) is 52.3 Å². The van der Waals surface area contributed by atoms with Gasteiger partial charge in [0.05, 0.1) is 30.3 Å². The molecule has 11 nitrogen and oxygen atoms in total. The molecule has 0 saturated heterocycles. The Kier molecular flexibility index (Phi) is 10.8. The van der Waals surface area contributed by atoms with Gasteiger partial charge in [-0.3, -0.25) is 15.5 Å². The maximum absolute atomic E-state index is 14.2. The zero-order chi connectivity index (χ0) is 32.2. The highest BCUT2D eigenvalue weighted by Crippen LogP contribution is 2.42. The Labute approximate surface area is 260 Å². The number of ether oxygens (including phenoxy) is 1. The number of alkyl carbamates (subject to hydrolysis) is 1. The van der Waals surface area contributed by atoms with Gasteiger partial charge in [-0.25, -0.2) is 26.8 Å². The van der Waals surface area contributed by atoms with Crippen molar-refractivity contribution in [2.24, 2.45) is 5.14 Å². The number of benzene rings is 2. The number of thiophene rings is 1. The van der Waals surface area contributed by atoms with E-state index in [0.717, 1.165) is 28.7 Å². The Morgan fingerprint density at radius 1 is 1.02 bits per heavy atom. The summed E-state index contributed by atoms with van der Waals surface area (Å²) in [5, 5.41) is 18.5. The minimum Gasteiger partial charge on any atom is -0.444 e. The monoisotopic (exact) mass is 666 g/mol. The van der Waals surface area contributed by atoms with Crippen LogP contribution in [0.4, 0.5) is 10.5 Å². The van der Waals surface area contributed by atoms with E-state index in [1.165, 1.54) is 12.1 Å². The molecule has 0 radical (unpaired) electrons. The average Bonchev–Trinajstić information content (AvgIpc) is 3.33. The summed E-state index contributed by atoms with van der Waals surface area (Å²) in [6.07, 6.45) is 0.595. The molecule has 1 heterocycles. The van der Waals surface area contributed by atoms with Gasteiger partial charge in [-0.2, -0.15) is 0 Å². The number of hydrogen-bond acceptors (Lipinski definition) is 10. The molecule has 0 aliphatic carbocycles. The molecule has 0 aliphatic heterocycles. The second-order valence-electron chi connectivity index (χ2n) is 10.5. The van der Waals surface area contributed by atoms with Crippen molar-refractivity contribution in [3.05, 3.63) is 59.0 Å². The van der Waals surface area contributed by atoms with Gasteiger partial charge in [0.25, 0.3) is 0 Å². The van der Waals surface area contributed by atoms with Crippen molar-refractivity contribution in [2.75, 3.05) is 17.3 Å². The maximum atomic E-state index is 14.2. The molecule has 1 aromatic heterocycles. The molecule has 15 heteroatoms. The van der Waals surface area contributed by atoms with Crippen LogP contribution in [-0.2, 0) is 29.4 Å². The molecule has 232 valence electrons. The van der Waals surface area contributed by atoms with Crippen LogP contribution in [0, 0.1) is 12.3 Å². The predicted molar refractivity (Wildman–Crippen MR) is 170 cm³/mol. The number of carbonyl (C=O) groups excluding carboxylic acids is 2. The molecule has 0 spiro atoms. The summed E-state index contributed by atoms with van der Waals surface area (Å²) in [6, 6.07) is 13.2. The van der Waals surface area contributed by atoms with Crippen molar-refractivity contribution in [2.45, 2.75) is 60.1 Å². The topological polar surface area (TPSA) is 186 Å². The van der Waals surface area contributed by atoms with Gasteiger partial charge in [-0.05, 0) is 63.6 Å². The van der Waals surface area contributed by atoms with Crippen molar-refractivity contribution in [3.8, 4) is 11.1 Å². The lowest BCUT2D eigenvalue weighted by molar-refractivity contribution is -0.116. The summed E-state index contributed by atoms with van der Waals surface area (Å²) in [5.41, 5.74) is 1.24. The molecule has 0 unspecified atom stereocenters. The lowest BCUT2D eigenvalue weighted by Crippen LogP contribution is -2.36. The van der Waals surface area contributed by atoms with E-state index in [2.05, 4.69) is 10.6 Å². The summed E-state index contributed by atoms with van der Waals surface area (Å²) in [6.45, 7) is 6.90. The molecule has 2 aromatic carbocycles. The molecule has 0 fully saturated rings. The standard InChI is InChI=1S/C28H34N4O7S4/c1-17-10-6-7-11-18(17)19-12-8-13-21(24(19)31-23(33)14-9-15-42(30,35)36)43(37,38)22-16-20(41-26(22)40-5)25(29)32-27(34)39-28(2,3)4/h6-8,10-13,16H,9,14-15H2,1-5H3,(H,31,33)(H2,29,32,34)(H2,30,35,36). The van der Waals surface area contributed by atoms with Gasteiger partial charge in [-0.1, -0.05) is 36.4 Å². The van der Waals surface area contributed by atoms with E-state index in [-0.39, 0.29) is 39.0 Å². The number of sulfonamides is 1. The summed E-state index contributed by atoms with van der Waals surface area (Å²) < 4.78 is 56.7. The number of thioether (sulfide) groups is 1. The van der Waals surface area contributed by atoms with Crippen LogP contribution >= 0.6 is 23.1 Å². The number of nitrogens with two attached hydrogens (primary N) is 1. The largest absolute Gasteiger partial charge is 0.444 e. The Morgan fingerprint density at radius 2 is 1.67 bits per heavy atom. The lowest BCUT2D eigenvalue weighted by Gasteiger charge is -2.19. The highest BCUT2D eigenvalue weighted by Gasteiger charge is 2.30. The summed E-state index contributed by atoms with van der Waals surface area (Å²) in [5.74, 6) is -1.31. The van der Waals surface area contributed by atoms with Gasteiger partial charge in [0, 0.05) is 12.0 Å². The molecule has 43 heavy (non-hydrogen) atoms. The Bertz CT molecular complexity index is 1760. The SMILES string of the molecule is CSc1sc(C(=N)NC(=O)OC(C)(C)C)cc1S(=O)(=O)c1cccc(-c2ccccc2C)c1NC(=O)CCCS(N)(=O)=O. The van der Waals surface area contributed by atoms with Gasteiger partial charge in [0.2, 0.25) is 25.8 Å². The van der Waals surface area contributed by atoms with Crippen molar-refractivity contribution in [1.82, 2.24) is 5.32 Å². The fourth-order valence-electron chi connectivity index (χ4n) is 4.02. The molecule has 2 amide bonds. The normalized spacial score (nSPS) is 12.0. The minimum atomic E-state index is -4.30. The van der Waals surface area contributed by atoms with E-state index in [9.17, 15) is 26.4 Å². The number of amides is 2.